The summed E-state index contributed by atoms with van der Waals surface area (Å²) >= 11 is 0. The van der Waals surface area contributed by atoms with Crippen LogP contribution in [-0.2, 0) is 9.63 Å². The number of fused-ring (bicyclic) bond motifs is 1. The van der Waals surface area contributed by atoms with Gasteiger partial charge in [-0.2, -0.15) is 0 Å². The molecule has 1 aromatic heterocycles. The zero-order valence-corrected chi connectivity index (χ0v) is 21.1. The predicted molar refractivity (Wildman–Crippen MR) is 138 cm³/mol. The molecule has 9 heteroatoms. The van der Waals surface area contributed by atoms with Crippen molar-refractivity contribution < 1.29 is 19.8 Å². The lowest BCUT2D eigenvalue weighted by molar-refractivity contribution is -0.129. The van der Waals surface area contributed by atoms with Crippen molar-refractivity contribution in [1.29, 1.82) is 0 Å². The van der Waals surface area contributed by atoms with Crippen molar-refractivity contribution in [2.45, 2.75) is 76.8 Å². The van der Waals surface area contributed by atoms with Gasteiger partial charge in [-0.15, -0.1) is 0 Å². The van der Waals surface area contributed by atoms with E-state index in [0.29, 0.717) is 17.1 Å². The molecule has 1 saturated carbocycles. The summed E-state index contributed by atoms with van der Waals surface area (Å²) in [4.78, 5) is 37.4. The third-order valence-corrected chi connectivity index (χ3v) is 7.60. The number of hydrogen-bond acceptors (Lipinski definition) is 7. The van der Waals surface area contributed by atoms with Crippen molar-refractivity contribution in [3.05, 3.63) is 40.3 Å². The number of nitrogens with zero attached hydrogens (tertiary/aromatic N) is 4. The molecular formula is C27H38N4O5. The third kappa shape index (κ3) is 6.13. The number of likely N-dealkylation sites (tertiary alicyclic amines) is 1. The van der Waals surface area contributed by atoms with Crippen LogP contribution < -0.4 is 5.56 Å². The lowest BCUT2D eigenvalue weighted by Crippen LogP contribution is -2.44. The molecule has 0 amide bonds. The number of aromatic nitrogens is 2. The molecule has 196 valence electrons. The standard InChI is InChI=1S/C27H38N4O5/c1-19-8-4-2-3-5-9-21(18-19)30-14-12-20(13-15-30)31-23-11-7-6-10-22(23)28-24(26(31)33)25(27(34)35)29-36-17-16-32/h6-7,10-11,19-21,32H,2-5,8-9,12-18H2,1H3,(H,34,35)/b29-25-/t19-,21-/m1/s1. The lowest BCUT2D eigenvalue weighted by atomic mass is 9.92. The first-order valence-electron chi connectivity index (χ1n) is 13.3. The Labute approximate surface area is 211 Å². The molecule has 2 aliphatic rings. The summed E-state index contributed by atoms with van der Waals surface area (Å²) in [6, 6.07) is 7.85. The van der Waals surface area contributed by atoms with Gasteiger partial charge in [0.25, 0.3) is 5.56 Å². The number of rotatable bonds is 7. The summed E-state index contributed by atoms with van der Waals surface area (Å²) in [6.07, 6.45) is 10.7. The molecular weight excluding hydrogens is 460 g/mol. The Kier molecular flexibility index (Phi) is 9.09. The van der Waals surface area contributed by atoms with Crippen LogP contribution in [0.2, 0.25) is 0 Å². The highest BCUT2D eigenvalue weighted by atomic mass is 16.6. The van der Waals surface area contributed by atoms with Crippen LogP contribution >= 0.6 is 0 Å². The van der Waals surface area contributed by atoms with Crippen molar-refractivity contribution in [2.24, 2.45) is 11.1 Å². The Morgan fingerprint density at radius 2 is 1.81 bits per heavy atom. The summed E-state index contributed by atoms with van der Waals surface area (Å²) in [6.45, 7) is 3.72. The van der Waals surface area contributed by atoms with E-state index in [1.165, 1.54) is 44.9 Å². The zero-order chi connectivity index (χ0) is 25.5. The Balaban J connectivity index is 1.61. The largest absolute Gasteiger partial charge is 0.476 e. The maximum Gasteiger partial charge on any atom is 0.360 e. The minimum atomic E-state index is -1.40. The van der Waals surface area contributed by atoms with E-state index in [2.05, 4.69) is 22.0 Å². The second kappa shape index (κ2) is 12.5. The molecule has 1 aromatic carbocycles. The molecule has 1 aliphatic heterocycles. The van der Waals surface area contributed by atoms with Crippen LogP contribution in [0.25, 0.3) is 11.0 Å². The van der Waals surface area contributed by atoms with Crippen molar-refractivity contribution in [3.63, 3.8) is 0 Å². The quantitative estimate of drug-likeness (QED) is 0.340. The minimum absolute atomic E-state index is 0.0532. The van der Waals surface area contributed by atoms with E-state index in [-0.39, 0.29) is 24.9 Å². The van der Waals surface area contributed by atoms with Gasteiger partial charge in [-0.1, -0.05) is 56.3 Å². The van der Waals surface area contributed by atoms with Gasteiger partial charge in [0.15, 0.2) is 5.69 Å². The Morgan fingerprint density at radius 3 is 2.53 bits per heavy atom. The van der Waals surface area contributed by atoms with Crippen LogP contribution in [0.1, 0.15) is 76.4 Å². The van der Waals surface area contributed by atoms with Crippen molar-refractivity contribution in [1.82, 2.24) is 14.5 Å². The van der Waals surface area contributed by atoms with Gasteiger partial charge < -0.3 is 24.5 Å². The molecule has 2 fully saturated rings. The number of aliphatic carboxylic acids is 1. The van der Waals surface area contributed by atoms with Gasteiger partial charge in [-0.3, -0.25) is 4.79 Å². The molecule has 2 heterocycles. The van der Waals surface area contributed by atoms with Gasteiger partial charge in [-0.05, 0) is 43.7 Å². The summed E-state index contributed by atoms with van der Waals surface area (Å²) in [5.41, 5.74) is -0.0360. The highest BCUT2D eigenvalue weighted by molar-refractivity contribution is 6.41. The van der Waals surface area contributed by atoms with Crippen molar-refractivity contribution >= 4 is 22.7 Å². The number of oxime groups is 1. The number of aliphatic hydroxyl groups excluding tert-OH is 1. The van der Waals surface area contributed by atoms with E-state index < -0.39 is 17.2 Å². The van der Waals surface area contributed by atoms with E-state index >= 15 is 0 Å². The van der Waals surface area contributed by atoms with Crippen LogP contribution in [0, 0.1) is 5.92 Å². The minimum Gasteiger partial charge on any atom is -0.476 e. The number of piperidine rings is 1. The normalized spacial score (nSPS) is 23.1. The van der Waals surface area contributed by atoms with Gasteiger partial charge in [0, 0.05) is 25.2 Å². The van der Waals surface area contributed by atoms with Crippen molar-refractivity contribution in [2.75, 3.05) is 26.3 Å². The van der Waals surface area contributed by atoms with Gasteiger partial charge >= 0.3 is 5.97 Å². The Hall–Kier alpha value is -2.78. The van der Waals surface area contributed by atoms with Crippen LogP contribution in [0.5, 0.6) is 0 Å². The average molecular weight is 499 g/mol. The van der Waals surface area contributed by atoms with E-state index in [1.54, 1.807) is 10.6 Å². The van der Waals surface area contributed by atoms with Crippen LogP contribution in [0.4, 0.5) is 0 Å². The number of carbonyl (C=O) groups is 1. The number of aliphatic hydroxyl groups is 1. The first-order chi connectivity index (χ1) is 17.5. The SMILES string of the molecule is C[C@@H]1CCCCCC[C@@H](N2CCC(n3c(=O)c(/C(=N/OCCO)C(=O)O)nc4ccccc43)CC2)C1. The number of carboxylic acids is 1. The fourth-order valence-electron chi connectivity index (χ4n) is 5.77. The van der Waals surface area contributed by atoms with E-state index in [1.807, 2.05) is 18.2 Å². The van der Waals surface area contributed by atoms with E-state index in [4.69, 9.17) is 9.94 Å². The van der Waals surface area contributed by atoms with Gasteiger partial charge in [0.2, 0.25) is 5.71 Å². The molecule has 4 rings (SSSR count). The lowest BCUT2D eigenvalue weighted by Gasteiger charge is -2.39. The molecule has 2 N–H and O–H groups in total. The summed E-state index contributed by atoms with van der Waals surface area (Å²) in [5, 5.41) is 22.3. The summed E-state index contributed by atoms with van der Waals surface area (Å²) in [7, 11) is 0. The molecule has 1 saturated heterocycles. The van der Waals surface area contributed by atoms with E-state index in [0.717, 1.165) is 31.8 Å². The molecule has 2 aromatic rings. The second-order valence-corrected chi connectivity index (χ2v) is 10.2. The predicted octanol–water partition coefficient (Wildman–Crippen LogP) is 3.58. The van der Waals surface area contributed by atoms with Crippen molar-refractivity contribution in [3.8, 4) is 0 Å². The van der Waals surface area contributed by atoms with E-state index in [9.17, 15) is 14.7 Å². The molecule has 0 unspecified atom stereocenters. The summed E-state index contributed by atoms with van der Waals surface area (Å²) < 4.78 is 1.71. The number of hydrogen-bond donors (Lipinski definition) is 2. The Bertz CT molecular complexity index is 1120. The third-order valence-electron chi connectivity index (χ3n) is 7.60. The van der Waals surface area contributed by atoms with Crippen LogP contribution in [0.3, 0.4) is 0 Å². The zero-order valence-electron chi connectivity index (χ0n) is 21.1. The smallest absolute Gasteiger partial charge is 0.360 e. The fraction of sp³-hybridized carbons (Fsp3) is 0.630. The highest BCUT2D eigenvalue weighted by Gasteiger charge is 2.30. The molecule has 36 heavy (non-hydrogen) atoms. The van der Waals surface area contributed by atoms with Gasteiger partial charge in [0.05, 0.1) is 17.6 Å². The maximum atomic E-state index is 13.6. The van der Waals surface area contributed by atoms with Gasteiger partial charge in [0.1, 0.15) is 6.61 Å². The summed E-state index contributed by atoms with van der Waals surface area (Å²) in [5.74, 6) is -0.662. The maximum absolute atomic E-state index is 13.6. The molecule has 0 bridgehead atoms. The fourth-order valence-corrected chi connectivity index (χ4v) is 5.77. The number of benzene rings is 1. The molecule has 9 nitrogen and oxygen atoms in total. The molecule has 0 spiro atoms. The molecule has 1 aliphatic carbocycles. The molecule has 2 atom stereocenters. The van der Waals surface area contributed by atoms with Crippen LogP contribution in [-0.4, -0.2) is 68.7 Å². The first kappa shape index (κ1) is 26.3. The number of carboxylic acid groups (broad SMARTS) is 1. The highest BCUT2D eigenvalue weighted by Crippen LogP contribution is 2.30. The second-order valence-electron chi connectivity index (χ2n) is 10.2. The topological polar surface area (TPSA) is 117 Å². The first-order valence-corrected chi connectivity index (χ1v) is 13.3. The number of para-hydroxylation sites is 2. The monoisotopic (exact) mass is 498 g/mol. The Morgan fingerprint density at radius 1 is 1.08 bits per heavy atom. The molecule has 0 radical (unpaired) electrons. The average Bonchev–Trinajstić information content (AvgIpc) is 2.98. The van der Waals surface area contributed by atoms with Crippen LogP contribution in [0.15, 0.2) is 34.2 Å². The van der Waals surface area contributed by atoms with Gasteiger partial charge in [-0.25, -0.2) is 9.78 Å².